The molecular weight excluding hydrogens is 458 g/mol. The summed E-state index contributed by atoms with van der Waals surface area (Å²) in [5, 5.41) is 7.36. The Hall–Kier alpha value is -4.09. The molecule has 0 aliphatic carbocycles. The lowest BCUT2D eigenvalue weighted by molar-refractivity contribution is -0.111. The average molecular weight is 482 g/mol. The minimum absolute atomic E-state index is 0.0970. The molecule has 0 bridgehead atoms. The number of benzene rings is 4. The molecular formula is C29H24ClN3O2. The molecule has 0 fully saturated rings. The molecule has 1 aliphatic heterocycles. The Bertz CT molecular complexity index is 1320. The van der Waals surface area contributed by atoms with Gasteiger partial charge in [0.15, 0.2) is 17.8 Å². The van der Waals surface area contributed by atoms with Crippen molar-refractivity contribution >= 4 is 34.6 Å². The summed E-state index contributed by atoms with van der Waals surface area (Å²) in [7, 11) is 0. The van der Waals surface area contributed by atoms with E-state index in [0.29, 0.717) is 17.5 Å². The highest BCUT2D eigenvalue weighted by atomic mass is 35.5. The van der Waals surface area contributed by atoms with E-state index in [1.54, 1.807) is 6.92 Å². The molecule has 35 heavy (non-hydrogen) atoms. The lowest BCUT2D eigenvalue weighted by Gasteiger charge is -2.32. The van der Waals surface area contributed by atoms with Gasteiger partial charge in [-0.25, -0.2) is 5.01 Å². The van der Waals surface area contributed by atoms with E-state index in [4.69, 9.17) is 21.4 Å². The first-order valence-corrected chi connectivity index (χ1v) is 11.7. The number of halogens is 1. The predicted octanol–water partition coefficient (Wildman–Crippen LogP) is 6.85. The van der Waals surface area contributed by atoms with Crippen LogP contribution < -0.4 is 14.6 Å². The zero-order chi connectivity index (χ0) is 24.2. The second kappa shape index (κ2) is 10.0. The fourth-order valence-corrected chi connectivity index (χ4v) is 4.20. The van der Waals surface area contributed by atoms with E-state index < -0.39 is 0 Å². The number of hydrogen-bond donors (Lipinski definition) is 0. The van der Waals surface area contributed by atoms with Crippen LogP contribution in [0.25, 0.3) is 0 Å². The molecule has 1 atom stereocenters. The highest BCUT2D eigenvalue weighted by Gasteiger charge is 2.39. The quantitative estimate of drug-likeness (QED) is 0.289. The van der Waals surface area contributed by atoms with Gasteiger partial charge in [0.05, 0.1) is 5.69 Å². The Morgan fingerprint density at radius 3 is 2.03 bits per heavy atom. The molecule has 1 unspecified atom stereocenters. The van der Waals surface area contributed by atoms with Gasteiger partial charge in [0.25, 0.3) is 0 Å². The molecule has 0 radical (unpaired) electrons. The molecule has 4 aromatic carbocycles. The van der Waals surface area contributed by atoms with Crippen molar-refractivity contribution in [1.29, 1.82) is 0 Å². The molecule has 0 saturated heterocycles. The molecule has 1 heterocycles. The summed E-state index contributed by atoms with van der Waals surface area (Å²) >= 11 is 5.97. The smallest absolute Gasteiger partial charge is 0.198 e. The third-order valence-corrected chi connectivity index (χ3v) is 6.03. The second-order valence-corrected chi connectivity index (χ2v) is 8.66. The Balaban J connectivity index is 1.47. The maximum absolute atomic E-state index is 12.7. The number of nitrogens with zero attached hydrogens (tertiary/aromatic N) is 3. The van der Waals surface area contributed by atoms with Crippen molar-refractivity contribution in [3.63, 3.8) is 0 Å². The number of ketones is 1. The van der Waals surface area contributed by atoms with E-state index in [0.717, 1.165) is 28.3 Å². The minimum atomic E-state index is -0.330. The van der Waals surface area contributed by atoms with E-state index in [-0.39, 0.29) is 11.9 Å². The minimum Gasteiger partial charge on any atom is -0.489 e. The van der Waals surface area contributed by atoms with Crippen LogP contribution in [0.15, 0.2) is 114 Å². The van der Waals surface area contributed by atoms with E-state index >= 15 is 0 Å². The Kier molecular flexibility index (Phi) is 6.51. The van der Waals surface area contributed by atoms with Gasteiger partial charge in [-0.1, -0.05) is 72.3 Å². The summed E-state index contributed by atoms with van der Waals surface area (Å²) in [6.07, 6.45) is -0.330. The van der Waals surface area contributed by atoms with Crippen LogP contribution in [-0.2, 0) is 11.4 Å². The number of ether oxygens (including phenoxy) is 1. The van der Waals surface area contributed by atoms with Gasteiger partial charge in [-0.3, -0.25) is 9.69 Å². The van der Waals surface area contributed by atoms with Crippen LogP contribution in [-0.4, -0.2) is 11.6 Å². The first kappa shape index (κ1) is 22.7. The topological polar surface area (TPSA) is 45.1 Å². The predicted molar refractivity (Wildman–Crippen MR) is 141 cm³/mol. The highest BCUT2D eigenvalue weighted by Crippen LogP contribution is 2.39. The van der Waals surface area contributed by atoms with Gasteiger partial charge in [0, 0.05) is 17.6 Å². The number of rotatable bonds is 7. The molecule has 0 amide bonds. The Morgan fingerprint density at radius 1 is 0.829 bits per heavy atom. The third-order valence-electron chi connectivity index (χ3n) is 5.77. The fraction of sp³-hybridized carbons (Fsp3) is 0.103. The summed E-state index contributed by atoms with van der Waals surface area (Å²) in [5.74, 6) is 1.06. The number of amidine groups is 1. The van der Waals surface area contributed by atoms with Crippen LogP contribution in [0.3, 0.4) is 0 Å². The van der Waals surface area contributed by atoms with Gasteiger partial charge in [-0.2, -0.15) is 0 Å². The van der Waals surface area contributed by atoms with Crippen LogP contribution >= 0.6 is 11.6 Å². The lowest BCUT2D eigenvalue weighted by atomic mass is 10.1. The van der Waals surface area contributed by atoms with Crippen LogP contribution in [0, 0.1) is 0 Å². The molecule has 0 N–H and O–H groups in total. The van der Waals surface area contributed by atoms with Crippen molar-refractivity contribution < 1.29 is 9.53 Å². The summed E-state index contributed by atoms with van der Waals surface area (Å²) in [5.41, 5.74) is 3.82. The second-order valence-electron chi connectivity index (χ2n) is 8.22. The number of carbonyl (C=O) groups is 1. The largest absolute Gasteiger partial charge is 0.489 e. The van der Waals surface area contributed by atoms with Crippen LogP contribution in [0.5, 0.6) is 5.75 Å². The highest BCUT2D eigenvalue weighted by molar-refractivity contribution is 6.44. The number of carbonyl (C=O) groups excluding carboxylic acids is 1. The van der Waals surface area contributed by atoms with Crippen LogP contribution in [0.1, 0.15) is 24.2 Å². The van der Waals surface area contributed by atoms with E-state index in [2.05, 4.69) is 0 Å². The number of para-hydroxylation sites is 2. The molecule has 6 heteroatoms. The van der Waals surface area contributed by atoms with Gasteiger partial charge in [0.2, 0.25) is 0 Å². The van der Waals surface area contributed by atoms with Crippen LogP contribution in [0.4, 0.5) is 11.4 Å². The molecule has 5 rings (SSSR count). The summed E-state index contributed by atoms with van der Waals surface area (Å²) in [6.45, 7) is 2.00. The van der Waals surface area contributed by atoms with Gasteiger partial charge >= 0.3 is 0 Å². The first-order chi connectivity index (χ1) is 17.1. The van der Waals surface area contributed by atoms with Crippen molar-refractivity contribution in [2.24, 2.45) is 5.10 Å². The van der Waals surface area contributed by atoms with Crippen molar-refractivity contribution in [1.82, 2.24) is 0 Å². The SMILES string of the molecule is CC(=O)C1=NN(c2ccccc2)C(c2ccc(OCc3ccc(Cl)cc3)cc2)N1c1ccccc1. The first-order valence-electron chi connectivity index (χ1n) is 11.4. The summed E-state index contributed by atoms with van der Waals surface area (Å²) in [6, 6.07) is 35.3. The number of hydrazone groups is 1. The van der Waals surface area contributed by atoms with E-state index in [1.807, 2.05) is 119 Å². The molecule has 0 spiro atoms. The number of Topliss-reactive ketones (excluding diaryl/α,β-unsaturated/α-hetero) is 1. The molecule has 4 aromatic rings. The maximum atomic E-state index is 12.7. The number of anilines is 2. The van der Waals surface area contributed by atoms with Crippen LogP contribution in [0.2, 0.25) is 5.02 Å². The van der Waals surface area contributed by atoms with Crippen molar-refractivity contribution in [3.8, 4) is 5.75 Å². The normalized spacial score (nSPS) is 15.1. The van der Waals surface area contributed by atoms with Gasteiger partial charge in [-0.15, -0.1) is 5.10 Å². The Labute approximate surface area is 209 Å². The molecule has 5 nitrogen and oxygen atoms in total. The van der Waals surface area contributed by atoms with Gasteiger partial charge in [-0.05, 0) is 59.7 Å². The summed E-state index contributed by atoms with van der Waals surface area (Å²) < 4.78 is 5.98. The maximum Gasteiger partial charge on any atom is 0.198 e. The fourth-order valence-electron chi connectivity index (χ4n) is 4.08. The zero-order valence-electron chi connectivity index (χ0n) is 19.2. The van der Waals surface area contributed by atoms with E-state index in [9.17, 15) is 4.79 Å². The third kappa shape index (κ3) is 4.91. The van der Waals surface area contributed by atoms with Crippen molar-refractivity contribution in [2.45, 2.75) is 19.7 Å². The monoisotopic (exact) mass is 481 g/mol. The van der Waals surface area contributed by atoms with Gasteiger partial charge in [0.1, 0.15) is 12.4 Å². The van der Waals surface area contributed by atoms with E-state index in [1.165, 1.54) is 0 Å². The molecule has 0 saturated carbocycles. The van der Waals surface area contributed by atoms with Crippen molar-refractivity contribution in [3.05, 3.63) is 125 Å². The Morgan fingerprint density at radius 2 is 1.43 bits per heavy atom. The van der Waals surface area contributed by atoms with Crippen molar-refractivity contribution in [2.75, 3.05) is 9.91 Å². The zero-order valence-corrected chi connectivity index (χ0v) is 20.0. The lowest BCUT2D eigenvalue weighted by Crippen LogP contribution is -2.37. The molecule has 0 aromatic heterocycles. The summed E-state index contributed by atoms with van der Waals surface area (Å²) in [4.78, 5) is 14.6. The average Bonchev–Trinajstić information content (AvgIpc) is 3.31. The molecule has 174 valence electrons. The molecule has 1 aliphatic rings. The standard InChI is InChI=1S/C29H24ClN3O2/c1-21(34)28-31-33(26-10-6-3-7-11-26)29(32(28)25-8-4-2-5-9-25)23-14-18-27(19-15-23)35-20-22-12-16-24(30)17-13-22/h2-19,29H,20H2,1H3. The number of hydrogen-bond acceptors (Lipinski definition) is 5. The van der Waals surface area contributed by atoms with Gasteiger partial charge < -0.3 is 4.74 Å².